The number of benzene rings is 1. The van der Waals surface area contributed by atoms with E-state index in [1.807, 2.05) is 12.1 Å². The van der Waals surface area contributed by atoms with Crippen LogP contribution in [0.15, 0.2) is 59.3 Å². The highest BCUT2D eigenvalue weighted by Gasteiger charge is 2.28. The van der Waals surface area contributed by atoms with Gasteiger partial charge in [-0.3, -0.25) is 4.79 Å². The number of para-hydroxylation sites is 1. The van der Waals surface area contributed by atoms with Gasteiger partial charge in [0.05, 0.1) is 30.3 Å². The number of pyridine rings is 1. The van der Waals surface area contributed by atoms with E-state index in [1.54, 1.807) is 18.5 Å². The summed E-state index contributed by atoms with van der Waals surface area (Å²) in [4.78, 5) is 22.0. The zero-order valence-electron chi connectivity index (χ0n) is 17.2. The van der Waals surface area contributed by atoms with Gasteiger partial charge in [0.25, 0.3) is 5.91 Å². The molecule has 2 aliphatic heterocycles. The van der Waals surface area contributed by atoms with Crippen LogP contribution in [-0.2, 0) is 13.0 Å². The van der Waals surface area contributed by atoms with Crippen molar-refractivity contribution in [3.05, 3.63) is 71.8 Å². The lowest BCUT2D eigenvalue weighted by Gasteiger charge is -2.24. The zero-order chi connectivity index (χ0) is 20.5. The minimum atomic E-state index is -0.172. The molecule has 1 aromatic carbocycles. The van der Waals surface area contributed by atoms with Gasteiger partial charge >= 0.3 is 0 Å². The van der Waals surface area contributed by atoms with Gasteiger partial charge in [-0.2, -0.15) is 0 Å². The molecule has 0 bridgehead atoms. The van der Waals surface area contributed by atoms with Crippen molar-refractivity contribution in [3.63, 3.8) is 0 Å². The van der Waals surface area contributed by atoms with Crippen LogP contribution in [0, 0.1) is 0 Å². The third-order valence-corrected chi connectivity index (χ3v) is 6.09. The van der Waals surface area contributed by atoms with E-state index in [1.165, 1.54) is 24.1 Å². The number of hydrogen-bond acceptors (Lipinski definition) is 5. The number of carbonyl (C=O) groups is 1. The van der Waals surface area contributed by atoms with Gasteiger partial charge in [-0.05, 0) is 56.0 Å². The van der Waals surface area contributed by atoms with E-state index in [0.29, 0.717) is 29.6 Å². The minimum Gasteiger partial charge on any atom is -0.467 e. The third kappa shape index (κ3) is 3.54. The van der Waals surface area contributed by atoms with E-state index in [2.05, 4.69) is 51.3 Å². The highest BCUT2D eigenvalue weighted by atomic mass is 16.3. The first kappa shape index (κ1) is 18.7. The Balaban J connectivity index is 1.29. The molecule has 1 N–H and O–H groups in total. The lowest BCUT2D eigenvalue weighted by atomic mass is 10.1. The summed E-state index contributed by atoms with van der Waals surface area (Å²) in [5, 5.41) is 2.96. The van der Waals surface area contributed by atoms with Gasteiger partial charge < -0.3 is 19.5 Å². The first-order valence-corrected chi connectivity index (χ1v) is 10.6. The van der Waals surface area contributed by atoms with Crippen LogP contribution in [0.1, 0.15) is 41.4 Å². The summed E-state index contributed by atoms with van der Waals surface area (Å²) < 4.78 is 5.71. The zero-order valence-corrected chi connectivity index (χ0v) is 17.2. The third-order valence-electron chi connectivity index (χ3n) is 6.09. The summed E-state index contributed by atoms with van der Waals surface area (Å²) in [6.07, 6.45) is 6.75. The fraction of sp³-hybridized carbons (Fsp3) is 0.333. The van der Waals surface area contributed by atoms with Gasteiger partial charge in [-0.15, -0.1) is 0 Å². The average molecular weight is 402 g/mol. The molecule has 0 spiro atoms. The Morgan fingerprint density at radius 3 is 2.80 bits per heavy atom. The maximum absolute atomic E-state index is 12.9. The number of anilines is 3. The van der Waals surface area contributed by atoms with Crippen LogP contribution in [0.4, 0.5) is 17.2 Å². The molecular weight excluding hydrogens is 376 g/mol. The molecule has 0 radical (unpaired) electrons. The molecule has 1 fully saturated rings. The maximum Gasteiger partial charge on any atom is 0.259 e. The number of aromatic nitrogens is 1. The number of carbonyl (C=O) groups excluding carboxylic acids is 1. The van der Waals surface area contributed by atoms with Crippen molar-refractivity contribution in [1.82, 2.24) is 4.98 Å². The van der Waals surface area contributed by atoms with Gasteiger partial charge in [0.2, 0.25) is 0 Å². The molecule has 3 aromatic rings. The molecule has 0 saturated carbocycles. The number of nitrogens with one attached hydrogen (secondary N) is 1. The first-order chi connectivity index (χ1) is 14.7. The Kier molecular flexibility index (Phi) is 4.91. The number of nitrogens with zero attached hydrogens (tertiary/aromatic N) is 3. The Bertz CT molecular complexity index is 1040. The van der Waals surface area contributed by atoms with Crippen molar-refractivity contribution < 1.29 is 9.21 Å². The summed E-state index contributed by atoms with van der Waals surface area (Å²) in [6.45, 7) is 4.88. The van der Waals surface area contributed by atoms with Gasteiger partial charge in [0, 0.05) is 24.8 Å². The standard InChI is InChI=1S/C24H26N4O2/c1-17-14-18-6-2-3-7-21(18)28(17)16-22-20(10-13-30-22)24(29)26-19-8-9-23(25-15-19)27-11-4-5-12-27/h2-3,6-10,13,15,17H,4-5,11-12,14,16H2,1H3,(H,26,29). The molecule has 1 atom stereocenters. The predicted octanol–water partition coefficient (Wildman–Crippen LogP) is 4.48. The first-order valence-electron chi connectivity index (χ1n) is 10.6. The number of furan rings is 1. The highest BCUT2D eigenvalue weighted by Crippen LogP contribution is 2.33. The smallest absolute Gasteiger partial charge is 0.259 e. The minimum absolute atomic E-state index is 0.172. The number of amides is 1. The lowest BCUT2D eigenvalue weighted by Crippen LogP contribution is -2.29. The summed E-state index contributed by atoms with van der Waals surface area (Å²) in [6, 6.07) is 14.4. The molecule has 1 saturated heterocycles. The molecular formula is C24H26N4O2. The fourth-order valence-electron chi connectivity index (χ4n) is 4.48. The van der Waals surface area contributed by atoms with E-state index in [9.17, 15) is 4.79 Å². The second-order valence-electron chi connectivity index (χ2n) is 8.12. The molecule has 2 aliphatic rings. The second kappa shape index (κ2) is 7.86. The predicted molar refractivity (Wildman–Crippen MR) is 118 cm³/mol. The van der Waals surface area contributed by atoms with Crippen LogP contribution in [0.5, 0.6) is 0 Å². The molecule has 4 heterocycles. The molecule has 2 aromatic heterocycles. The quantitative estimate of drug-likeness (QED) is 0.682. The van der Waals surface area contributed by atoms with Gasteiger partial charge in [0.1, 0.15) is 11.6 Å². The molecule has 6 heteroatoms. The van der Waals surface area contributed by atoms with E-state index in [0.717, 1.165) is 25.3 Å². The highest BCUT2D eigenvalue weighted by molar-refractivity contribution is 6.05. The van der Waals surface area contributed by atoms with Crippen LogP contribution >= 0.6 is 0 Å². The second-order valence-corrected chi connectivity index (χ2v) is 8.12. The number of hydrogen-bond donors (Lipinski definition) is 1. The van der Waals surface area contributed by atoms with E-state index < -0.39 is 0 Å². The average Bonchev–Trinajstić information content (AvgIpc) is 3.50. The Morgan fingerprint density at radius 1 is 1.17 bits per heavy atom. The van der Waals surface area contributed by atoms with Gasteiger partial charge in [-0.1, -0.05) is 18.2 Å². The Morgan fingerprint density at radius 2 is 2.00 bits per heavy atom. The summed E-state index contributed by atoms with van der Waals surface area (Å²) in [7, 11) is 0. The largest absolute Gasteiger partial charge is 0.467 e. The Hall–Kier alpha value is -3.28. The normalized spacial score (nSPS) is 18.0. The molecule has 0 aliphatic carbocycles. The topological polar surface area (TPSA) is 61.6 Å². The summed E-state index contributed by atoms with van der Waals surface area (Å²) in [5.41, 5.74) is 3.81. The number of rotatable bonds is 5. The molecule has 6 nitrogen and oxygen atoms in total. The summed E-state index contributed by atoms with van der Waals surface area (Å²) in [5.74, 6) is 1.48. The van der Waals surface area contributed by atoms with Crippen molar-refractivity contribution in [2.24, 2.45) is 0 Å². The van der Waals surface area contributed by atoms with Crippen LogP contribution < -0.4 is 15.1 Å². The van der Waals surface area contributed by atoms with Gasteiger partial charge in [-0.25, -0.2) is 4.98 Å². The fourth-order valence-corrected chi connectivity index (χ4v) is 4.48. The van der Waals surface area contributed by atoms with E-state index >= 15 is 0 Å². The molecule has 1 unspecified atom stereocenters. The van der Waals surface area contributed by atoms with Crippen molar-refractivity contribution in [2.75, 3.05) is 28.2 Å². The van der Waals surface area contributed by atoms with E-state index in [4.69, 9.17) is 4.42 Å². The van der Waals surface area contributed by atoms with Crippen LogP contribution in [-0.4, -0.2) is 30.0 Å². The molecule has 1 amide bonds. The number of fused-ring (bicyclic) bond motifs is 1. The molecule has 154 valence electrons. The van der Waals surface area contributed by atoms with Crippen LogP contribution in [0.25, 0.3) is 0 Å². The van der Waals surface area contributed by atoms with Crippen molar-refractivity contribution in [2.45, 2.75) is 38.8 Å². The van der Waals surface area contributed by atoms with Crippen LogP contribution in [0.3, 0.4) is 0 Å². The maximum atomic E-state index is 12.9. The SMILES string of the molecule is CC1Cc2ccccc2N1Cc1occc1C(=O)Nc1ccc(N2CCCC2)nc1. The monoisotopic (exact) mass is 402 g/mol. The summed E-state index contributed by atoms with van der Waals surface area (Å²) >= 11 is 0. The van der Waals surface area contributed by atoms with Crippen molar-refractivity contribution in [3.8, 4) is 0 Å². The molecule has 30 heavy (non-hydrogen) atoms. The van der Waals surface area contributed by atoms with E-state index in [-0.39, 0.29) is 5.91 Å². The van der Waals surface area contributed by atoms with Crippen molar-refractivity contribution in [1.29, 1.82) is 0 Å². The van der Waals surface area contributed by atoms with Crippen molar-refractivity contribution >= 4 is 23.1 Å². The van der Waals surface area contributed by atoms with Crippen LogP contribution in [0.2, 0.25) is 0 Å². The Labute approximate surface area is 176 Å². The lowest BCUT2D eigenvalue weighted by molar-refractivity contribution is 0.102. The van der Waals surface area contributed by atoms with Gasteiger partial charge in [0.15, 0.2) is 0 Å². The molecule has 5 rings (SSSR count).